The number of hydrogen-bond donors (Lipinski definition) is 5. The lowest BCUT2D eigenvalue weighted by molar-refractivity contribution is -0.0391. The molecular formula is C11H15N3O6. The SMILES string of the molecule is CN/C=C(/O)[C@H]1O[C@@H](n2ccc(=O)[nH]c2=O)[C@H](O)[C@@H]1O. The molecule has 0 radical (unpaired) electrons. The number of nitrogens with one attached hydrogen (secondary N) is 2. The van der Waals surface area contributed by atoms with E-state index >= 15 is 0 Å². The zero-order valence-corrected chi connectivity index (χ0v) is 10.6. The number of rotatable bonds is 3. The fourth-order valence-corrected chi connectivity index (χ4v) is 1.99. The first kappa shape index (κ1) is 14.3. The topological polar surface area (TPSA) is 137 Å². The minimum Gasteiger partial charge on any atom is -0.508 e. The molecular weight excluding hydrogens is 270 g/mol. The molecule has 9 heteroatoms. The number of hydrogen-bond acceptors (Lipinski definition) is 7. The number of H-pyrrole nitrogens is 1. The van der Waals surface area contributed by atoms with E-state index in [4.69, 9.17) is 4.74 Å². The number of aliphatic hydroxyl groups is 3. The Bertz CT molecular complexity index is 621. The van der Waals surface area contributed by atoms with Crippen LogP contribution < -0.4 is 16.6 Å². The fraction of sp³-hybridized carbons (Fsp3) is 0.455. The van der Waals surface area contributed by atoms with Gasteiger partial charge in [-0.2, -0.15) is 0 Å². The third kappa shape index (κ3) is 2.46. The van der Waals surface area contributed by atoms with Crippen molar-refractivity contribution < 1.29 is 20.1 Å². The van der Waals surface area contributed by atoms with Gasteiger partial charge in [-0.15, -0.1) is 0 Å². The standard InChI is InChI=1S/C11H15N3O6/c1-12-4-5(15)9-7(17)8(18)10(20-9)14-3-2-6(16)13-11(14)19/h2-4,7-10,12,15,17-18H,1H3,(H,13,16,19)/b5-4+/t7-,8+,9+,10+/m0/s1. The molecule has 110 valence electrons. The molecule has 1 aromatic heterocycles. The van der Waals surface area contributed by atoms with E-state index in [0.717, 1.165) is 16.8 Å². The Balaban J connectivity index is 2.33. The number of aliphatic hydroxyl groups excluding tert-OH is 3. The molecule has 4 atom stereocenters. The van der Waals surface area contributed by atoms with Gasteiger partial charge in [0.25, 0.3) is 5.56 Å². The van der Waals surface area contributed by atoms with Gasteiger partial charge in [0, 0.05) is 25.5 Å². The number of nitrogens with zero attached hydrogens (tertiary/aromatic N) is 1. The summed E-state index contributed by atoms with van der Waals surface area (Å²) in [5.41, 5.74) is -1.37. The van der Waals surface area contributed by atoms with Crippen molar-refractivity contribution in [2.24, 2.45) is 0 Å². The van der Waals surface area contributed by atoms with Crippen molar-refractivity contribution in [2.45, 2.75) is 24.5 Å². The molecule has 2 rings (SSSR count). The van der Waals surface area contributed by atoms with Crippen LogP contribution in [0.2, 0.25) is 0 Å². The van der Waals surface area contributed by atoms with Crippen LogP contribution >= 0.6 is 0 Å². The smallest absolute Gasteiger partial charge is 0.330 e. The number of ether oxygens (including phenoxy) is 1. The van der Waals surface area contributed by atoms with Crippen LogP contribution in [0.4, 0.5) is 0 Å². The summed E-state index contributed by atoms with van der Waals surface area (Å²) in [5.74, 6) is -0.320. The molecule has 0 amide bonds. The molecule has 0 spiro atoms. The summed E-state index contributed by atoms with van der Waals surface area (Å²) < 4.78 is 6.22. The minimum absolute atomic E-state index is 0.320. The second kappa shape index (κ2) is 5.49. The Morgan fingerprint density at radius 1 is 1.45 bits per heavy atom. The maximum Gasteiger partial charge on any atom is 0.330 e. The van der Waals surface area contributed by atoms with Gasteiger partial charge in [0.1, 0.15) is 24.1 Å². The predicted molar refractivity (Wildman–Crippen MR) is 67.0 cm³/mol. The van der Waals surface area contributed by atoms with Crippen LogP contribution in [0.3, 0.4) is 0 Å². The highest BCUT2D eigenvalue weighted by atomic mass is 16.6. The van der Waals surface area contributed by atoms with Gasteiger partial charge in [-0.05, 0) is 0 Å². The van der Waals surface area contributed by atoms with E-state index in [2.05, 4.69) is 5.32 Å². The number of aromatic amines is 1. The van der Waals surface area contributed by atoms with Crippen LogP contribution in [0.1, 0.15) is 6.23 Å². The van der Waals surface area contributed by atoms with Crippen LogP contribution in [0.25, 0.3) is 0 Å². The third-order valence-electron chi connectivity index (χ3n) is 2.95. The van der Waals surface area contributed by atoms with E-state index in [9.17, 15) is 24.9 Å². The summed E-state index contributed by atoms with van der Waals surface area (Å²) in [5, 5.41) is 32.0. The second-order valence-electron chi connectivity index (χ2n) is 4.30. The quantitative estimate of drug-likeness (QED) is 0.396. The monoisotopic (exact) mass is 285 g/mol. The van der Waals surface area contributed by atoms with Crippen molar-refractivity contribution in [1.82, 2.24) is 14.9 Å². The highest BCUT2D eigenvalue weighted by Gasteiger charge is 2.46. The molecule has 1 aromatic rings. The molecule has 0 aromatic carbocycles. The lowest BCUT2D eigenvalue weighted by Gasteiger charge is -2.16. The van der Waals surface area contributed by atoms with Crippen LogP contribution in [0.5, 0.6) is 0 Å². The third-order valence-corrected chi connectivity index (χ3v) is 2.95. The van der Waals surface area contributed by atoms with Gasteiger partial charge in [-0.3, -0.25) is 14.3 Å². The lowest BCUT2D eigenvalue weighted by Crippen LogP contribution is -2.37. The number of aromatic nitrogens is 2. The molecule has 1 saturated heterocycles. The summed E-state index contributed by atoms with van der Waals surface area (Å²) in [7, 11) is 1.54. The van der Waals surface area contributed by atoms with E-state index in [1.165, 1.54) is 13.2 Å². The van der Waals surface area contributed by atoms with E-state index in [1.54, 1.807) is 0 Å². The molecule has 5 N–H and O–H groups in total. The highest BCUT2D eigenvalue weighted by Crippen LogP contribution is 2.30. The minimum atomic E-state index is -1.43. The predicted octanol–water partition coefficient (Wildman–Crippen LogP) is -2.23. The van der Waals surface area contributed by atoms with Gasteiger partial charge in [0.15, 0.2) is 6.23 Å². The van der Waals surface area contributed by atoms with Crippen LogP contribution in [-0.2, 0) is 4.74 Å². The Morgan fingerprint density at radius 2 is 2.15 bits per heavy atom. The summed E-state index contributed by atoms with van der Waals surface area (Å²) >= 11 is 0. The first-order valence-corrected chi connectivity index (χ1v) is 5.85. The van der Waals surface area contributed by atoms with Gasteiger partial charge >= 0.3 is 5.69 Å². The molecule has 9 nitrogen and oxygen atoms in total. The molecule has 1 aliphatic rings. The second-order valence-corrected chi connectivity index (χ2v) is 4.30. The van der Waals surface area contributed by atoms with Gasteiger partial charge in [0.05, 0.1) is 0 Å². The van der Waals surface area contributed by atoms with E-state index in [-0.39, 0.29) is 5.76 Å². The van der Waals surface area contributed by atoms with E-state index in [0.29, 0.717) is 0 Å². The van der Waals surface area contributed by atoms with Crippen molar-refractivity contribution >= 4 is 0 Å². The Kier molecular flexibility index (Phi) is 3.93. The van der Waals surface area contributed by atoms with Crippen LogP contribution in [0, 0.1) is 0 Å². The van der Waals surface area contributed by atoms with E-state index < -0.39 is 35.8 Å². The van der Waals surface area contributed by atoms with E-state index in [1.807, 2.05) is 4.98 Å². The Morgan fingerprint density at radius 3 is 2.75 bits per heavy atom. The molecule has 20 heavy (non-hydrogen) atoms. The van der Waals surface area contributed by atoms with Crippen molar-refractivity contribution in [1.29, 1.82) is 0 Å². The van der Waals surface area contributed by atoms with Crippen molar-refractivity contribution in [3.63, 3.8) is 0 Å². The van der Waals surface area contributed by atoms with Gasteiger partial charge in [0.2, 0.25) is 0 Å². The van der Waals surface area contributed by atoms with Gasteiger partial charge in [-0.1, -0.05) is 0 Å². The van der Waals surface area contributed by atoms with Gasteiger partial charge in [-0.25, -0.2) is 4.79 Å². The van der Waals surface area contributed by atoms with Crippen molar-refractivity contribution in [3.8, 4) is 0 Å². The average Bonchev–Trinajstić information content (AvgIpc) is 2.67. The molecule has 2 heterocycles. The average molecular weight is 285 g/mol. The molecule has 0 unspecified atom stereocenters. The Hall–Kier alpha value is -2.10. The van der Waals surface area contributed by atoms with Crippen molar-refractivity contribution in [2.75, 3.05) is 7.05 Å². The fourth-order valence-electron chi connectivity index (χ4n) is 1.99. The molecule has 0 bridgehead atoms. The zero-order valence-electron chi connectivity index (χ0n) is 10.6. The zero-order chi connectivity index (χ0) is 14.9. The summed E-state index contributed by atoms with van der Waals surface area (Å²) in [6.07, 6.45) is -2.91. The highest BCUT2D eigenvalue weighted by molar-refractivity contribution is 5.06. The summed E-state index contributed by atoms with van der Waals surface area (Å²) in [4.78, 5) is 24.6. The van der Waals surface area contributed by atoms with Crippen LogP contribution in [-0.4, -0.2) is 50.2 Å². The maximum absolute atomic E-state index is 11.6. The first-order valence-electron chi connectivity index (χ1n) is 5.85. The lowest BCUT2D eigenvalue weighted by atomic mass is 10.1. The first-order chi connectivity index (χ1) is 9.45. The van der Waals surface area contributed by atoms with Crippen LogP contribution in [0.15, 0.2) is 33.8 Å². The molecule has 1 fully saturated rings. The summed E-state index contributed by atoms with van der Waals surface area (Å²) in [6.45, 7) is 0. The molecule has 0 saturated carbocycles. The van der Waals surface area contributed by atoms with Gasteiger partial charge < -0.3 is 25.4 Å². The van der Waals surface area contributed by atoms with Crippen molar-refractivity contribution in [3.05, 3.63) is 45.1 Å². The normalized spacial score (nSPS) is 30.4. The summed E-state index contributed by atoms with van der Waals surface area (Å²) in [6, 6.07) is 1.08. The maximum atomic E-state index is 11.6. The molecule has 1 aliphatic heterocycles. The molecule has 0 aliphatic carbocycles. The largest absolute Gasteiger partial charge is 0.508 e. The Labute approximate surface area is 112 Å².